The van der Waals surface area contributed by atoms with E-state index in [9.17, 15) is 18.7 Å². The van der Waals surface area contributed by atoms with Gasteiger partial charge in [0.1, 0.15) is 41.3 Å². The molecule has 0 saturated heterocycles. The van der Waals surface area contributed by atoms with Crippen molar-refractivity contribution in [3.05, 3.63) is 64.1 Å². The maximum Gasteiger partial charge on any atom is 0.150 e. The first-order chi connectivity index (χ1) is 15.8. The smallest absolute Gasteiger partial charge is 0.150 e. The van der Waals surface area contributed by atoms with Gasteiger partial charge in [-0.05, 0) is 71.2 Å². The molecule has 0 heterocycles. The summed E-state index contributed by atoms with van der Waals surface area (Å²) in [7, 11) is 1.48. The third-order valence-electron chi connectivity index (χ3n) is 4.65. The van der Waals surface area contributed by atoms with Crippen molar-refractivity contribution in [2.75, 3.05) is 18.4 Å². The zero-order valence-electron chi connectivity index (χ0n) is 17.7. The minimum absolute atomic E-state index is 0.0379. The number of nitrogens with one attached hydrogen (secondary N) is 1. The van der Waals surface area contributed by atoms with Crippen LogP contribution in [0.2, 0.25) is 0 Å². The number of benzene rings is 3. The lowest BCUT2D eigenvalue weighted by molar-refractivity contribution is 0.112. The molecule has 0 radical (unpaired) electrons. The fraction of sp³-hybridized carbons (Fsp3) is 0.174. The lowest BCUT2D eigenvalue weighted by Crippen LogP contribution is -2.23. The minimum Gasteiger partial charge on any atom is -0.506 e. The van der Waals surface area contributed by atoms with Gasteiger partial charge in [0.25, 0.3) is 0 Å². The predicted octanol–water partition coefficient (Wildman–Crippen LogP) is 5.77. The average molecular weight is 539 g/mol. The van der Waals surface area contributed by atoms with Gasteiger partial charge in [-0.1, -0.05) is 0 Å². The van der Waals surface area contributed by atoms with E-state index in [0.717, 1.165) is 18.0 Å². The number of halogens is 3. The van der Waals surface area contributed by atoms with Crippen molar-refractivity contribution in [1.29, 1.82) is 0 Å². The maximum absolute atomic E-state index is 14.8. The van der Waals surface area contributed by atoms with Crippen LogP contribution in [-0.4, -0.2) is 31.2 Å². The van der Waals surface area contributed by atoms with E-state index in [-0.39, 0.29) is 34.5 Å². The number of carbonyl (C=O) groups is 1. The highest BCUT2D eigenvalue weighted by Crippen LogP contribution is 2.40. The van der Waals surface area contributed by atoms with Gasteiger partial charge in [0.05, 0.1) is 22.2 Å². The van der Waals surface area contributed by atoms with Gasteiger partial charge in [-0.25, -0.2) is 8.78 Å². The summed E-state index contributed by atoms with van der Waals surface area (Å²) >= 11 is 4.04. The van der Waals surface area contributed by atoms with E-state index < -0.39 is 11.6 Å². The number of phenols is 1. The summed E-state index contributed by atoms with van der Waals surface area (Å²) in [6.45, 7) is 2.02. The Morgan fingerprint density at radius 3 is 2.61 bits per heavy atom. The quantitative estimate of drug-likeness (QED) is 0.235. The van der Waals surface area contributed by atoms with Crippen LogP contribution in [0.3, 0.4) is 0 Å². The summed E-state index contributed by atoms with van der Waals surface area (Å²) in [4.78, 5) is 11.4. The van der Waals surface area contributed by atoms with Crippen LogP contribution in [0.4, 0.5) is 14.5 Å². The minimum atomic E-state index is -0.838. The van der Waals surface area contributed by atoms with Crippen LogP contribution < -0.4 is 19.9 Å². The Morgan fingerprint density at radius 1 is 1.18 bits per heavy atom. The summed E-state index contributed by atoms with van der Waals surface area (Å²) in [5, 5.41) is 10.2. The molecule has 0 spiro atoms. The molecule has 10 heteroatoms. The van der Waals surface area contributed by atoms with Crippen molar-refractivity contribution in [3.63, 3.8) is 0 Å². The number of hydrogen-bond donors (Lipinski definition) is 3. The predicted molar refractivity (Wildman–Crippen MR) is 128 cm³/mol. The summed E-state index contributed by atoms with van der Waals surface area (Å²) in [5.74, 6) is -0.936. The topological polar surface area (TPSA) is 93.8 Å². The number of aldehydes is 1. The van der Waals surface area contributed by atoms with Gasteiger partial charge in [-0.15, -0.1) is 0 Å². The number of nitrogens with two attached hydrogens (primary N) is 1. The molecular formula is C23H21BrF2N2O4S. The Hall–Kier alpha value is -2.82. The molecule has 0 aliphatic heterocycles. The molecule has 3 aromatic rings. The molecule has 3 aromatic carbocycles. The number of carbonyl (C=O) groups excluding carboxylic acids is 1. The van der Waals surface area contributed by atoms with Gasteiger partial charge < -0.3 is 25.0 Å². The second kappa shape index (κ2) is 10.9. The zero-order chi connectivity index (χ0) is 24.1. The SMILES string of the molecule is COc1ccc(OC(C)CN)c(-c2cc(NSc3cc(C=O)cc(Br)c3O)c(F)cc2F)c1. The van der Waals surface area contributed by atoms with E-state index in [4.69, 9.17) is 15.2 Å². The van der Waals surface area contributed by atoms with Crippen LogP contribution in [0.15, 0.2) is 51.8 Å². The molecule has 4 N–H and O–H groups in total. The molecule has 0 aromatic heterocycles. The fourth-order valence-corrected chi connectivity index (χ4v) is 4.28. The zero-order valence-corrected chi connectivity index (χ0v) is 20.1. The highest BCUT2D eigenvalue weighted by atomic mass is 79.9. The summed E-state index contributed by atoms with van der Waals surface area (Å²) in [6, 6.07) is 9.82. The molecule has 0 fully saturated rings. The number of methoxy groups -OCH3 is 1. The monoisotopic (exact) mass is 538 g/mol. The lowest BCUT2D eigenvalue weighted by Gasteiger charge is -2.18. The van der Waals surface area contributed by atoms with E-state index >= 15 is 0 Å². The van der Waals surface area contributed by atoms with E-state index in [1.54, 1.807) is 25.1 Å². The molecule has 1 atom stereocenters. The third-order valence-corrected chi connectivity index (χ3v) is 6.11. The van der Waals surface area contributed by atoms with Crippen molar-refractivity contribution in [3.8, 4) is 28.4 Å². The van der Waals surface area contributed by atoms with Gasteiger partial charge in [0, 0.05) is 29.3 Å². The normalized spacial score (nSPS) is 11.7. The first-order valence-electron chi connectivity index (χ1n) is 9.72. The number of phenolic OH excluding ortho intramolecular Hbond substituents is 1. The van der Waals surface area contributed by atoms with E-state index in [1.807, 2.05) is 0 Å². The Morgan fingerprint density at radius 2 is 1.94 bits per heavy atom. The Balaban J connectivity index is 2.01. The van der Waals surface area contributed by atoms with Crippen LogP contribution in [0, 0.1) is 11.6 Å². The molecule has 33 heavy (non-hydrogen) atoms. The van der Waals surface area contributed by atoms with Crippen molar-refractivity contribution in [2.45, 2.75) is 17.9 Å². The van der Waals surface area contributed by atoms with Gasteiger partial charge in [0.2, 0.25) is 0 Å². The third kappa shape index (κ3) is 5.76. The first kappa shape index (κ1) is 24.8. The Labute approximate surface area is 202 Å². The largest absolute Gasteiger partial charge is 0.506 e. The molecule has 174 valence electrons. The van der Waals surface area contributed by atoms with Gasteiger partial charge in [0.15, 0.2) is 0 Å². The Bertz CT molecular complexity index is 1180. The van der Waals surface area contributed by atoms with Crippen LogP contribution in [0.25, 0.3) is 11.1 Å². The number of aromatic hydroxyl groups is 1. The van der Waals surface area contributed by atoms with Crippen molar-refractivity contribution >= 4 is 39.9 Å². The number of hydrogen-bond acceptors (Lipinski definition) is 7. The maximum atomic E-state index is 14.8. The van der Waals surface area contributed by atoms with Crippen molar-refractivity contribution in [2.24, 2.45) is 5.73 Å². The van der Waals surface area contributed by atoms with E-state index in [1.165, 1.54) is 25.3 Å². The van der Waals surface area contributed by atoms with Crippen molar-refractivity contribution < 1.29 is 28.2 Å². The summed E-state index contributed by atoms with van der Waals surface area (Å²) < 4.78 is 43.6. The van der Waals surface area contributed by atoms with E-state index in [0.29, 0.717) is 33.4 Å². The molecule has 0 aliphatic carbocycles. The van der Waals surface area contributed by atoms with Gasteiger partial charge >= 0.3 is 0 Å². The molecule has 0 aliphatic rings. The molecule has 1 unspecified atom stereocenters. The van der Waals surface area contributed by atoms with Crippen LogP contribution in [0.5, 0.6) is 17.2 Å². The molecule has 0 amide bonds. The second-order valence-electron chi connectivity index (χ2n) is 7.01. The Kier molecular flexibility index (Phi) is 8.17. The average Bonchev–Trinajstić information content (AvgIpc) is 2.81. The van der Waals surface area contributed by atoms with E-state index in [2.05, 4.69) is 20.7 Å². The van der Waals surface area contributed by atoms with Crippen LogP contribution in [0.1, 0.15) is 17.3 Å². The van der Waals surface area contributed by atoms with Crippen LogP contribution >= 0.6 is 27.9 Å². The first-order valence-corrected chi connectivity index (χ1v) is 11.3. The van der Waals surface area contributed by atoms with Crippen LogP contribution in [-0.2, 0) is 0 Å². The molecular weight excluding hydrogens is 518 g/mol. The van der Waals surface area contributed by atoms with Gasteiger partial charge in [-0.3, -0.25) is 4.79 Å². The van der Waals surface area contributed by atoms with Crippen molar-refractivity contribution in [1.82, 2.24) is 0 Å². The molecule has 0 bridgehead atoms. The lowest BCUT2D eigenvalue weighted by atomic mass is 10.0. The number of anilines is 1. The molecule has 3 rings (SSSR count). The summed E-state index contributed by atoms with van der Waals surface area (Å²) in [5.41, 5.74) is 6.35. The molecule has 6 nitrogen and oxygen atoms in total. The van der Waals surface area contributed by atoms with Gasteiger partial charge in [-0.2, -0.15) is 0 Å². The second-order valence-corrected chi connectivity index (χ2v) is 8.71. The fourth-order valence-electron chi connectivity index (χ4n) is 2.90. The standard InChI is InChI=1S/C23H21BrF2N2O4S/c1-12(10-27)32-21-4-3-14(31-2)7-16(21)15-8-20(19(26)9-18(15)25)28-33-22-6-13(11-29)5-17(24)23(22)30/h3-9,11-12,28,30H,10,27H2,1-2H3. The number of ether oxygens (including phenoxy) is 2. The highest BCUT2D eigenvalue weighted by molar-refractivity contribution is 9.10. The number of rotatable bonds is 9. The molecule has 0 saturated carbocycles. The highest BCUT2D eigenvalue weighted by Gasteiger charge is 2.18. The summed E-state index contributed by atoms with van der Waals surface area (Å²) in [6.07, 6.45) is 0.289.